The predicted octanol–water partition coefficient (Wildman–Crippen LogP) is 6.72. The minimum atomic E-state index is 1.07. The highest BCUT2D eigenvalue weighted by molar-refractivity contribution is 5.78. The molecule has 0 unspecified atom stereocenters. The standard InChI is InChI=1S/C25H24N2/c1-3-20-9-11-21(12-10-20)22-13-15-24(16-14-22)27(23-7-5-4-6-8-23)25-17-18-26(2)19-25/h4-19H,3H2,1-2H3. The third-order valence-corrected chi connectivity index (χ3v) is 4.91. The van der Waals surface area contributed by atoms with Crippen LogP contribution in [-0.4, -0.2) is 4.57 Å². The van der Waals surface area contributed by atoms with Crippen molar-refractivity contribution in [3.05, 3.63) is 103 Å². The summed E-state index contributed by atoms with van der Waals surface area (Å²) in [5.74, 6) is 0. The quantitative estimate of drug-likeness (QED) is 0.387. The van der Waals surface area contributed by atoms with E-state index < -0.39 is 0 Å². The maximum atomic E-state index is 2.28. The van der Waals surface area contributed by atoms with Crippen molar-refractivity contribution in [2.24, 2.45) is 7.05 Å². The first kappa shape index (κ1) is 17.2. The molecule has 0 saturated heterocycles. The third kappa shape index (κ3) is 3.65. The smallest absolute Gasteiger partial charge is 0.0638 e. The number of benzene rings is 3. The summed E-state index contributed by atoms with van der Waals surface area (Å²) in [5.41, 5.74) is 7.33. The van der Waals surface area contributed by atoms with Crippen molar-refractivity contribution in [3.8, 4) is 11.1 Å². The number of aryl methyl sites for hydroxylation is 2. The monoisotopic (exact) mass is 352 g/mol. The van der Waals surface area contributed by atoms with E-state index in [4.69, 9.17) is 0 Å². The van der Waals surface area contributed by atoms with Crippen LogP contribution in [0.25, 0.3) is 11.1 Å². The van der Waals surface area contributed by atoms with Gasteiger partial charge < -0.3 is 9.47 Å². The van der Waals surface area contributed by atoms with Gasteiger partial charge in [-0.3, -0.25) is 0 Å². The van der Waals surface area contributed by atoms with Crippen molar-refractivity contribution < 1.29 is 0 Å². The maximum absolute atomic E-state index is 2.28. The van der Waals surface area contributed by atoms with Gasteiger partial charge in [0.15, 0.2) is 0 Å². The van der Waals surface area contributed by atoms with Crippen LogP contribution in [0, 0.1) is 0 Å². The lowest BCUT2D eigenvalue weighted by molar-refractivity contribution is 0.927. The summed E-state index contributed by atoms with van der Waals surface area (Å²) in [7, 11) is 2.05. The lowest BCUT2D eigenvalue weighted by atomic mass is 10.0. The van der Waals surface area contributed by atoms with Crippen molar-refractivity contribution in [1.29, 1.82) is 0 Å². The molecule has 0 radical (unpaired) electrons. The number of anilines is 3. The highest BCUT2D eigenvalue weighted by atomic mass is 15.2. The molecule has 0 bridgehead atoms. The van der Waals surface area contributed by atoms with Gasteiger partial charge in [-0.1, -0.05) is 61.5 Å². The van der Waals surface area contributed by atoms with E-state index >= 15 is 0 Å². The second kappa shape index (κ2) is 7.55. The SMILES string of the molecule is CCc1ccc(-c2ccc(N(c3ccccc3)c3ccn(C)c3)cc2)cc1. The Bertz CT molecular complexity index is 996. The predicted molar refractivity (Wildman–Crippen MR) is 115 cm³/mol. The van der Waals surface area contributed by atoms with Gasteiger partial charge in [0.2, 0.25) is 0 Å². The average molecular weight is 352 g/mol. The summed E-state index contributed by atoms with van der Waals surface area (Å²) in [6, 6.07) is 30.3. The zero-order chi connectivity index (χ0) is 18.6. The van der Waals surface area contributed by atoms with Crippen molar-refractivity contribution in [3.63, 3.8) is 0 Å². The molecule has 0 aliphatic carbocycles. The van der Waals surface area contributed by atoms with E-state index in [1.165, 1.54) is 16.7 Å². The number of hydrogen-bond donors (Lipinski definition) is 0. The number of aromatic nitrogens is 1. The average Bonchev–Trinajstić information content (AvgIpc) is 3.15. The Hall–Kier alpha value is -3.26. The van der Waals surface area contributed by atoms with Crippen molar-refractivity contribution in [1.82, 2.24) is 4.57 Å². The molecule has 0 fully saturated rings. The van der Waals surface area contributed by atoms with Crippen LogP contribution in [0.3, 0.4) is 0 Å². The minimum Gasteiger partial charge on any atom is -0.355 e. The van der Waals surface area contributed by atoms with Crippen molar-refractivity contribution in [2.45, 2.75) is 13.3 Å². The van der Waals surface area contributed by atoms with Gasteiger partial charge in [-0.25, -0.2) is 0 Å². The van der Waals surface area contributed by atoms with Crippen LogP contribution < -0.4 is 4.90 Å². The first-order valence-electron chi connectivity index (χ1n) is 9.41. The second-order valence-corrected chi connectivity index (χ2v) is 6.80. The first-order chi connectivity index (χ1) is 13.2. The molecule has 2 nitrogen and oxygen atoms in total. The highest BCUT2D eigenvalue weighted by Crippen LogP contribution is 2.35. The maximum Gasteiger partial charge on any atom is 0.0638 e. The molecule has 4 rings (SSSR count). The Morgan fingerprint density at radius 1 is 0.667 bits per heavy atom. The molecule has 134 valence electrons. The Morgan fingerprint density at radius 3 is 1.81 bits per heavy atom. The van der Waals surface area contributed by atoms with Crippen molar-refractivity contribution in [2.75, 3.05) is 4.90 Å². The Balaban J connectivity index is 1.70. The van der Waals surface area contributed by atoms with Gasteiger partial charge in [0.1, 0.15) is 0 Å². The summed E-state index contributed by atoms with van der Waals surface area (Å²) < 4.78 is 2.08. The fraction of sp³-hybridized carbons (Fsp3) is 0.120. The first-order valence-corrected chi connectivity index (χ1v) is 9.41. The van der Waals surface area contributed by atoms with Gasteiger partial charge in [0, 0.05) is 30.8 Å². The van der Waals surface area contributed by atoms with E-state index in [0.717, 1.165) is 23.5 Å². The normalized spacial score (nSPS) is 10.7. The van der Waals surface area contributed by atoms with E-state index in [2.05, 4.69) is 121 Å². The molecule has 0 saturated carbocycles. The zero-order valence-electron chi connectivity index (χ0n) is 15.8. The molecule has 2 heteroatoms. The minimum absolute atomic E-state index is 1.07. The lowest BCUT2D eigenvalue weighted by Crippen LogP contribution is -2.08. The second-order valence-electron chi connectivity index (χ2n) is 6.80. The van der Waals surface area contributed by atoms with E-state index in [0.29, 0.717) is 0 Å². The Kier molecular flexibility index (Phi) is 4.80. The van der Waals surface area contributed by atoms with Crippen LogP contribution in [-0.2, 0) is 13.5 Å². The van der Waals surface area contributed by atoms with Gasteiger partial charge in [-0.05, 0) is 53.4 Å². The molecular weight excluding hydrogens is 328 g/mol. The summed E-state index contributed by atoms with van der Waals surface area (Å²) in [6.07, 6.45) is 5.29. The van der Waals surface area contributed by atoms with E-state index in [9.17, 15) is 0 Å². The summed E-state index contributed by atoms with van der Waals surface area (Å²) in [4.78, 5) is 2.28. The van der Waals surface area contributed by atoms with Crippen LogP contribution in [0.4, 0.5) is 17.1 Å². The molecule has 0 amide bonds. The van der Waals surface area contributed by atoms with Gasteiger partial charge >= 0.3 is 0 Å². The van der Waals surface area contributed by atoms with Gasteiger partial charge in [0.05, 0.1) is 5.69 Å². The van der Waals surface area contributed by atoms with E-state index in [1.54, 1.807) is 0 Å². The van der Waals surface area contributed by atoms with Crippen molar-refractivity contribution >= 4 is 17.1 Å². The van der Waals surface area contributed by atoms with Crippen LogP contribution in [0.1, 0.15) is 12.5 Å². The van der Waals surface area contributed by atoms with Crippen LogP contribution in [0.15, 0.2) is 97.3 Å². The molecule has 0 atom stereocenters. The fourth-order valence-corrected chi connectivity index (χ4v) is 3.38. The van der Waals surface area contributed by atoms with E-state index in [-0.39, 0.29) is 0 Å². The van der Waals surface area contributed by atoms with E-state index in [1.807, 2.05) is 0 Å². The lowest BCUT2D eigenvalue weighted by Gasteiger charge is -2.24. The van der Waals surface area contributed by atoms with Crippen LogP contribution in [0.5, 0.6) is 0 Å². The van der Waals surface area contributed by atoms with Gasteiger partial charge in [0.25, 0.3) is 0 Å². The fourth-order valence-electron chi connectivity index (χ4n) is 3.38. The largest absolute Gasteiger partial charge is 0.355 e. The highest BCUT2D eigenvalue weighted by Gasteiger charge is 2.13. The number of nitrogens with zero attached hydrogens (tertiary/aromatic N) is 2. The third-order valence-electron chi connectivity index (χ3n) is 4.91. The summed E-state index contributed by atoms with van der Waals surface area (Å²) >= 11 is 0. The molecule has 0 aliphatic rings. The molecule has 1 heterocycles. The molecule has 0 aliphatic heterocycles. The summed E-state index contributed by atoms with van der Waals surface area (Å²) in [6.45, 7) is 2.19. The number of para-hydroxylation sites is 1. The topological polar surface area (TPSA) is 8.17 Å². The Labute approximate surface area is 161 Å². The molecule has 1 aromatic heterocycles. The van der Waals surface area contributed by atoms with Crippen LogP contribution in [0.2, 0.25) is 0 Å². The summed E-state index contributed by atoms with van der Waals surface area (Å²) in [5, 5.41) is 0. The molecule has 3 aromatic carbocycles. The molecular formula is C25H24N2. The number of rotatable bonds is 5. The van der Waals surface area contributed by atoms with Gasteiger partial charge in [-0.2, -0.15) is 0 Å². The molecule has 4 aromatic rings. The zero-order valence-corrected chi connectivity index (χ0v) is 15.8. The van der Waals surface area contributed by atoms with Gasteiger partial charge in [-0.15, -0.1) is 0 Å². The van der Waals surface area contributed by atoms with Crippen LogP contribution >= 0.6 is 0 Å². The molecule has 0 spiro atoms. The molecule has 0 N–H and O–H groups in total. The Morgan fingerprint density at radius 2 is 1.26 bits per heavy atom. The number of hydrogen-bond acceptors (Lipinski definition) is 1. The molecule has 27 heavy (non-hydrogen) atoms.